The molecule has 4 heteroatoms. The van der Waals surface area contributed by atoms with Gasteiger partial charge in [0.05, 0.1) is 6.07 Å². The summed E-state index contributed by atoms with van der Waals surface area (Å²) in [5.74, 6) is 0. The molecule has 0 aromatic heterocycles. The summed E-state index contributed by atoms with van der Waals surface area (Å²) in [6.07, 6.45) is 3.40. The van der Waals surface area contributed by atoms with Crippen LogP contribution in [-0.4, -0.2) is 17.6 Å². The number of carbonyl (C=O) groups excluding carboxylic acids is 1. The number of rotatable bonds is 4. The van der Waals surface area contributed by atoms with Crippen molar-refractivity contribution >= 4 is 6.03 Å². The molecule has 0 aliphatic heterocycles. The molecule has 0 saturated heterocycles. The topological polar surface area (TPSA) is 64.9 Å². The summed E-state index contributed by atoms with van der Waals surface area (Å²) in [5, 5.41) is 14.5. The van der Waals surface area contributed by atoms with Crippen LogP contribution >= 0.6 is 0 Å². The van der Waals surface area contributed by atoms with Crippen molar-refractivity contribution < 1.29 is 4.79 Å². The van der Waals surface area contributed by atoms with Gasteiger partial charge >= 0.3 is 6.03 Å². The Balaban J connectivity index is 2.45. The number of nitrogens with one attached hydrogen (secondary N) is 2. The lowest BCUT2D eigenvalue weighted by molar-refractivity contribution is 0.229. The van der Waals surface area contributed by atoms with Crippen LogP contribution in [0.15, 0.2) is 0 Å². The van der Waals surface area contributed by atoms with Crippen LogP contribution in [0.4, 0.5) is 4.79 Å². The maximum Gasteiger partial charge on any atom is 0.316 e. The van der Waals surface area contributed by atoms with Crippen molar-refractivity contribution in [3.63, 3.8) is 0 Å². The molecule has 0 bridgehead atoms. The van der Waals surface area contributed by atoms with Gasteiger partial charge in [0.1, 0.15) is 5.54 Å². The van der Waals surface area contributed by atoms with E-state index in [2.05, 4.69) is 16.7 Å². The van der Waals surface area contributed by atoms with Crippen molar-refractivity contribution in [2.75, 3.05) is 0 Å². The second-order valence-corrected chi connectivity index (χ2v) is 3.77. The second-order valence-electron chi connectivity index (χ2n) is 3.77. The standard InChI is InChI=1S/C10H17N3O/c1-3-10(4-2,7-11)13-9(14)12-8-5-6-8/h8H,3-6H2,1-2H3,(H2,12,13,14). The summed E-state index contributed by atoms with van der Waals surface area (Å²) >= 11 is 0. The quantitative estimate of drug-likeness (QED) is 0.714. The molecule has 1 aliphatic rings. The minimum atomic E-state index is -0.695. The Hall–Kier alpha value is -1.24. The van der Waals surface area contributed by atoms with E-state index in [-0.39, 0.29) is 6.03 Å². The van der Waals surface area contributed by atoms with E-state index in [1.165, 1.54) is 0 Å². The van der Waals surface area contributed by atoms with Gasteiger partial charge in [-0.15, -0.1) is 0 Å². The Kier molecular flexibility index (Phi) is 3.34. The predicted octanol–water partition coefficient (Wildman–Crippen LogP) is 1.53. The van der Waals surface area contributed by atoms with E-state index in [1.54, 1.807) is 0 Å². The van der Waals surface area contributed by atoms with Crippen molar-refractivity contribution in [2.45, 2.75) is 51.1 Å². The smallest absolute Gasteiger partial charge is 0.316 e. The van der Waals surface area contributed by atoms with Gasteiger partial charge in [-0.1, -0.05) is 13.8 Å². The van der Waals surface area contributed by atoms with Crippen LogP contribution < -0.4 is 10.6 Å². The fourth-order valence-electron chi connectivity index (χ4n) is 1.28. The molecule has 78 valence electrons. The van der Waals surface area contributed by atoms with E-state index < -0.39 is 5.54 Å². The van der Waals surface area contributed by atoms with Gasteiger partial charge in [-0.05, 0) is 25.7 Å². The zero-order valence-corrected chi connectivity index (χ0v) is 8.76. The largest absolute Gasteiger partial charge is 0.335 e. The SMILES string of the molecule is CCC(C#N)(CC)NC(=O)NC1CC1. The fraction of sp³-hybridized carbons (Fsp3) is 0.800. The Bertz CT molecular complexity index is 249. The number of hydrogen-bond acceptors (Lipinski definition) is 2. The lowest BCUT2D eigenvalue weighted by atomic mass is 9.95. The molecule has 1 saturated carbocycles. The molecule has 2 N–H and O–H groups in total. The molecular weight excluding hydrogens is 178 g/mol. The number of nitrogens with zero attached hydrogens (tertiary/aromatic N) is 1. The predicted molar refractivity (Wildman–Crippen MR) is 53.6 cm³/mol. The number of hydrogen-bond donors (Lipinski definition) is 2. The second kappa shape index (κ2) is 4.32. The van der Waals surface area contributed by atoms with Gasteiger partial charge in [-0.25, -0.2) is 4.79 Å². The van der Waals surface area contributed by atoms with E-state index in [0.29, 0.717) is 18.9 Å². The first-order valence-electron chi connectivity index (χ1n) is 5.15. The molecule has 0 aromatic rings. The molecule has 1 rings (SSSR count). The molecule has 0 spiro atoms. The van der Waals surface area contributed by atoms with Crippen molar-refractivity contribution in [3.05, 3.63) is 0 Å². The molecular formula is C10H17N3O. The fourth-order valence-corrected chi connectivity index (χ4v) is 1.28. The third-order valence-electron chi connectivity index (χ3n) is 2.69. The zero-order valence-electron chi connectivity index (χ0n) is 8.76. The van der Waals surface area contributed by atoms with E-state index in [9.17, 15) is 4.79 Å². The van der Waals surface area contributed by atoms with Gasteiger partial charge in [0.15, 0.2) is 0 Å². The van der Waals surface area contributed by atoms with Gasteiger partial charge in [0, 0.05) is 6.04 Å². The summed E-state index contributed by atoms with van der Waals surface area (Å²) in [7, 11) is 0. The summed E-state index contributed by atoms with van der Waals surface area (Å²) in [6, 6.07) is 2.29. The number of carbonyl (C=O) groups is 1. The Morgan fingerprint density at radius 1 is 1.50 bits per heavy atom. The molecule has 0 radical (unpaired) electrons. The van der Waals surface area contributed by atoms with E-state index in [4.69, 9.17) is 5.26 Å². The molecule has 0 atom stereocenters. The number of nitriles is 1. The Morgan fingerprint density at radius 2 is 2.07 bits per heavy atom. The molecule has 4 nitrogen and oxygen atoms in total. The maximum atomic E-state index is 11.4. The minimum absolute atomic E-state index is 0.210. The molecule has 2 amide bonds. The van der Waals surface area contributed by atoms with Crippen LogP contribution in [0.5, 0.6) is 0 Å². The van der Waals surface area contributed by atoms with Gasteiger partial charge in [-0.3, -0.25) is 0 Å². The van der Waals surface area contributed by atoms with Gasteiger partial charge < -0.3 is 10.6 Å². The Morgan fingerprint density at radius 3 is 2.43 bits per heavy atom. The van der Waals surface area contributed by atoms with Crippen molar-refractivity contribution in [1.29, 1.82) is 5.26 Å². The zero-order chi connectivity index (χ0) is 10.6. The normalized spacial score (nSPS) is 15.8. The molecule has 0 heterocycles. The van der Waals surface area contributed by atoms with Gasteiger partial charge in [-0.2, -0.15) is 5.26 Å². The average molecular weight is 195 g/mol. The lowest BCUT2D eigenvalue weighted by Gasteiger charge is -2.24. The Labute approximate surface area is 84.7 Å². The van der Waals surface area contributed by atoms with Crippen LogP contribution in [0.2, 0.25) is 0 Å². The molecule has 1 fully saturated rings. The molecule has 0 unspecified atom stereocenters. The summed E-state index contributed by atoms with van der Waals surface area (Å²) in [6.45, 7) is 3.81. The highest BCUT2D eigenvalue weighted by molar-refractivity contribution is 5.76. The summed E-state index contributed by atoms with van der Waals surface area (Å²) < 4.78 is 0. The van der Waals surface area contributed by atoms with E-state index in [1.807, 2.05) is 13.8 Å². The summed E-state index contributed by atoms with van der Waals surface area (Å²) in [4.78, 5) is 11.4. The van der Waals surface area contributed by atoms with Crippen molar-refractivity contribution in [1.82, 2.24) is 10.6 Å². The molecule has 0 aromatic carbocycles. The number of amides is 2. The van der Waals surface area contributed by atoms with Crippen LogP contribution in [-0.2, 0) is 0 Å². The third-order valence-corrected chi connectivity index (χ3v) is 2.69. The highest BCUT2D eigenvalue weighted by atomic mass is 16.2. The lowest BCUT2D eigenvalue weighted by Crippen LogP contribution is -2.51. The maximum absolute atomic E-state index is 11.4. The van der Waals surface area contributed by atoms with Crippen molar-refractivity contribution in [2.24, 2.45) is 0 Å². The van der Waals surface area contributed by atoms with Crippen molar-refractivity contribution in [3.8, 4) is 6.07 Å². The van der Waals surface area contributed by atoms with Crippen LogP contribution in [0.1, 0.15) is 39.5 Å². The first-order valence-corrected chi connectivity index (χ1v) is 5.15. The highest BCUT2D eigenvalue weighted by Gasteiger charge is 2.30. The molecule has 1 aliphatic carbocycles. The first-order chi connectivity index (χ1) is 6.65. The summed E-state index contributed by atoms with van der Waals surface area (Å²) in [5.41, 5.74) is -0.695. The minimum Gasteiger partial charge on any atom is -0.335 e. The van der Waals surface area contributed by atoms with Gasteiger partial charge in [0.25, 0.3) is 0 Å². The average Bonchev–Trinajstić information content (AvgIpc) is 2.98. The van der Waals surface area contributed by atoms with E-state index >= 15 is 0 Å². The van der Waals surface area contributed by atoms with Crippen LogP contribution in [0.3, 0.4) is 0 Å². The molecule has 14 heavy (non-hydrogen) atoms. The monoisotopic (exact) mass is 195 g/mol. The van der Waals surface area contributed by atoms with Crippen LogP contribution in [0, 0.1) is 11.3 Å². The number of urea groups is 1. The third kappa shape index (κ3) is 2.63. The highest BCUT2D eigenvalue weighted by Crippen LogP contribution is 2.19. The first kappa shape index (κ1) is 10.8. The van der Waals surface area contributed by atoms with Crippen LogP contribution in [0.25, 0.3) is 0 Å². The van der Waals surface area contributed by atoms with Gasteiger partial charge in [0.2, 0.25) is 0 Å². The van der Waals surface area contributed by atoms with E-state index in [0.717, 1.165) is 12.8 Å².